The summed E-state index contributed by atoms with van der Waals surface area (Å²) in [5, 5.41) is 6.49. The van der Waals surface area contributed by atoms with Crippen molar-refractivity contribution in [1.29, 1.82) is 0 Å². The number of nitrogens with one attached hydrogen (secondary N) is 2. The van der Waals surface area contributed by atoms with Crippen molar-refractivity contribution < 1.29 is 4.79 Å². The Kier molecular flexibility index (Phi) is 9.03. The smallest absolute Gasteiger partial charge is 0.221 e. The van der Waals surface area contributed by atoms with Gasteiger partial charge in [0.2, 0.25) is 5.91 Å². The third-order valence-corrected chi connectivity index (χ3v) is 5.23. The average molecular weight is 404 g/mol. The molecule has 27 heavy (non-hydrogen) atoms. The van der Waals surface area contributed by atoms with E-state index >= 15 is 0 Å². The van der Waals surface area contributed by atoms with Crippen molar-refractivity contribution in [2.45, 2.75) is 18.8 Å². The third-order valence-electron chi connectivity index (χ3n) is 3.35. The van der Waals surface area contributed by atoms with Crippen molar-refractivity contribution in [2.24, 2.45) is 16.5 Å². The minimum Gasteiger partial charge on any atom is -0.378 e. The van der Waals surface area contributed by atoms with Gasteiger partial charge in [0.1, 0.15) is 5.50 Å². The van der Waals surface area contributed by atoms with E-state index in [0.717, 1.165) is 35.0 Å². The Morgan fingerprint density at radius 1 is 1.07 bits per heavy atom. The van der Waals surface area contributed by atoms with Gasteiger partial charge in [-0.3, -0.25) is 4.79 Å². The molecule has 0 spiro atoms. The summed E-state index contributed by atoms with van der Waals surface area (Å²) in [5.41, 5.74) is 14.4. The van der Waals surface area contributed by atoms with E-state index in [-0.39, 0.29) is 11.4 Å². The number of benzene rings is 2. The number of rotatable bonds is 9. The highest BCUT2D eigenvalue weighted by Crippen LogP contribution is 2.19. The lowest BCUT2D eigenvalue weighted by Gasteiger charge is -2.14. The summed E-state index contributed by atoms with van der Waals surface area (Å²) in [7, 11) is 0. The van der Waals surface area contributed by atoms with E-state index in [1.165, 1.54) is 18.7 Å². The van der Waals surface area contributed by atoms with Crippen LogP contribution in [0.5, 0.6) is 0 Å². The summed E-state index contributed by atoms with van der Waals surface area (Å²) in [6, 6.07) is 17.2. The highest BCUT2D eigenvalue weighted by Gasteiger charge is 2.03. The molecule has 0 saturated carbocycles. The Morgan fingerprint density at radius 3 is 2.44 bits per heavy atom. The predicted octanol–water partition coefficient (Wildman–Crippen LogP) is 3.80. The maximum Gasteiger partial charge on any atom is 0.221 e. The number of nitrogens with zero attached hydrogens (tertiary/aromatic N) is 1. The topological polar surface area (TPSA) is 106 Å². The van der Waals surface area contributed by atoms with Gasteiger partial charge in [0, 0.05) is 24.1 Å². The second-order valence-corrected chi connectivity index (χ2v) is 8.05. The Morgan fingerprint density at radius 2 is 1.78 bits per heavy atom. The standard InChI is InChI=1S/C19H25N5OS2/c1-14(25)22-16-8-10-17(11-9-16)24-19(21)27-13-5-12-26-18(20)23-15-6-3-2-4-7-15/h2-4,6-11,18,23H,5,12-13,20H2,1H3,(H2,21,24)(H,22,25). The van der Waals surface area contributed by atoms with Crippen molar-refractivity contribution in [2.75, 3.05) is 22.1 Å². The van der Waals surface area contributed by atoms with E-state index in [1.807, 2.05) is 42.5 Å². The first kappa shape index (κ1) is 21.1. The quantitative estimate of drug-likeness (QED) is 0.220. The van der Waals surface area contributed by atoms with Crippen LogP contribution in [0.3, 0.4) is 0 Å². The number of amidine groups is 1. The minimum atomic E-state index is -0.134. The summed E-state index contributed by atoms with van der Waals surface area (Å²) in [6.45, 7) is 1.48. The van der Waals surface area contributed by atoms with Crippen molar-refractivity contribution in [1.82, 2.24) is 0 Å². The molecule has 0 saturated heterocycles. The predicted molar refractivity (Wildman–Crippen MR) is 120 cm³/mol. The molecule has 2 rings (SSSR count). The first-order valence-electron chi connectivity index (χ1n) is 8.56. The molecule has 0 fully saturated rings. The number of hydrogen-bond acceptors (Lipinski definition) is 6. The van der Waals surface area contributed by atoms with Crippen LogP contribution < -0.4 is 22.1 Å². The Hall–Kier alpha value is -2.16. The summed E-state index contributed by atoms with van der Waals surface area (Å²) < 4.78 is 0. The van der Waals surface area contributed by atoms with E-state index in [0.29, 0.717) is 5.17 Å². The van der Waals surface area contributed by atoms with Crippen molar-refractivity contribution in [3.8, 4) is 0 Å². The number of aliphatic imine (C=N–C) groups is 1. The number of carbonyl (C=O) groups excluding carboxylic acids is 1. The molecule has 1 unspecified atom stereocenters. The second-order valence-electron chi connectivity index (χ2n) is 5.68. The number of amides is 1. The van der Waals surface area contributed by atoms with Crippen LogP contribution in [0, 0.1) is 0 Å². The highest BCUT2D eigenvalue weighted by molar-refractivity contribution is 8.13. The summed E-state index contributed by atoms with van der Waals surface area (Å²) >= 11 is 3.20. The number of carbonyl (C=O) groups is 1. The van der Waals surface area contributed by atoms with Gasteiger partial charge < -0.3 is 22.1 Å². The van der Waals surface area contributed by atoms with Crippen LogP contribution in [0.1, 0.15) is 13.3 Å². The molecule has 6 N–H and O–H groups in total. The molecule has 0 aliphatic heterocycles. The lowest BCUT2D eigenvalue weighted by atomic mass is 10.3. The van der Waals surface area contributed by atoms with Crippen LogP contribution in [0.4, 0.5) is 17.1 Å². The van der Waals surface area contributed by atoms with Crippen molar-refractivity contribution >= 4 is 51.7 Å². The number of hydrogen-bond donors (Lipinski definition) is 4. The average Bonchev–Trinajstić information content (AvgIpc) is 2.63. The van der Waals surface area contributed by atoms with E-state index in [4.69, 9.17) is 11.5 Å². The van der Waals surface area contributed by atoms with Crippen LogP contribution in [-0.2, 0) is 4.79 Å². The Labute approximate surface area is 168 Å². The zero-order valence-corrected chi connectivity index (χ0v) is 16.9. The van der Waals surface area contributed by atoms with Crippen LogP contribution in [-0.4, -0.2) is 28.1 Å². The van der Waals surface area contributed by atoms with Gasteiger partial charge in [-0.25, -0.2) is 4.99 Å². The summed E-state index contributed by atoms with van der Waals surface area (Å²) in [5.74, 6) is 1.72. The van der Waals surface area contributed by atoms with Crippen molar-refractivity contribution in [3.05, 3.63) is 54.6 Å². The lowest BCUT2D eigenvalue weighted by molar-refractivity contribution is -0.114. The van der Waals surface area contributed by atoms with Crippen LogP contribution in [0.25, 0.3) is 0 Å². The molecule has 2 aromatic rings. The summed E-state index contributed by atoms with van der Waals surface area (Å²) in [6.07, 6.45) is 0.983. The maximum atomic E-state index is 11.0. The van der Waals surface area contributed by atoms with Crippen LogP contribution >= 0.6 is 23.5 Å². The van der Waals surface area contributed by atoms with Crippen LogP contribution in [0.15, 0.2) is 59.6 Å². The molecule has 0 aliphatic carbocycles. The number of para-hydroxylation sites is 1. The first-order valence-corrected chi connectivity index (χ1v) is 10.6. The van der Waals surface area contributed by atoms with E-state index in [2.05, 4.69) is 15.6 Å². The molecule has 8 heteroatoms. The van der Waals surface area contributed by atoms with Gasteiger partial charge in [-0.2, -0.15) is 0 Å². The van der Waals surface area contributed by atoms with Gasteiger partial charge in [-0.05, 0) is 48.6 Å². The normalized spacial score (nSPS) is 12.4. The second kappa shape index (κ2) is 11.5. The van der Waals surface area contributed by atoms with E-state index in [1.54, 1.807) is 23.9 Å². The largest absolute Gasteiger partial charge is 0.378 e. The molecule has 0 aromatic heterocycles. The van der Waals surface area contributed by atoms with Gasteiger partial charge in [0.15, 0.2) is 5.17 Å². The molecule has 0 bridgehead atoms. The van der Waals surface area contributed by atoms with Gasteiger partial charge in [0.25, 0.3) is 0 Å². The first-order chi connectivity index (χ1) is 13.0. The highest BCUT2D eigenvalue weighted by atomic mass is 32.2. The zero-order valence-electron chi connectivity index (χ0n) is 15.2. The Balaban J connectivity index is 1.64. The fraction of sp³-hybridized carbons (Fsp3) is 0.263. The fourth-order valence-corrected chi connectivity index (χ4v) is 3.80. The van der Waals surface area contributed by atoms with E-state index < -0.39 is 0 Å². The molecule has 6 nitrogen and oxygen atoms in total. The maximum absolute atomic E-state index is 11.0. The van der Waals surface area contributed by atoms with Gasteiger partial charge >= 0.3 is 0 Å². The molecule has 0 heterocycles. The fourth-order valence-electron chi connectivity index (χ4n) is 2.17. The molecular formula is C19H25N5OS2. The SMILES string of the molecule is CC(=O)Nc1ccc(N=C(N)SCCCSC(N)Nc2ccccc2)cc1. The molecule has 1 atom stereocenters. The van der Waals surface area contributed by atoms with Crippen molar-refractivity contribution in [3.63, 3.8) is 0 Å². The van der Waals surface area contributed by atoms with Gasteiger partial charge in [-0.1, -0.05) is 30.0 Å². The van der Waals surface area contributed by atoms with Gasteiger partial charge in [-0.15, -0.1) is 11.8 Å². The lowest BCUT2D eigenvalue weighted by Crippen LogP contribution is -2.26. The zero-order chi connectivity index (χ0) is 19.5. The molecule has 0 aliphatic rings. The van der Waals surface area contributed by atoms with Gasteiger partial charge in [0.05, 0.1) is 5.69 Å². The minimum absolute atomic E-state index is 0.0992. The van der Waals surface area contributed by atoms with E-state index in [9.17, 15) is 4.79 Å². The molecular weight excluding hydrogens is 378 g/mol. The Bertz CT molecular complexity index is 738. The number of nitrogens with two attached hydrogens (primary N) is 2. The summed E-state index contributed by atoms with van der Waals surface area (Å²) in [4.78, 5) is 15.4. The van der Waals surface area contributed by atoms with Crippen LogP contribution in [0.2, 0.25) is 0 Å². The third kappa shape index (κ3) is 8.85. The number of anilines is 2. The molecule has 1 amide bonds. The number of thioether (sulfide) groups is 2. The molecule has 2 aromatic carbocycles. The monoisotopic (exact) mass is 403 g/mol. The molecule has 144 valence electrons. The molecule has 0 radical (unpaired) electrons.